The molecule has 0 spiro atoms. The Bertz CT molecular complexity index is 1320. The summed E-state index contributed by atoms with van der Waals surface area (Å²) < 4.78 is 2.16. The number of aromatic amines is 1. The lowest BCUT2D eigenvalue weighted by molar-refractivity contribution is -0.220. The van der Waals surface area contributed by atoms with Gasteiger partial charge in [0.2, 0.25) is 5.95 Å². The maximum absolute atomic E-state index is 4.84. The molecular weight excluding hydrogens is 434 g/mol. The number of aryl methyl sites for hydroxylation is 2. The zero-order valence-electron chi connectivity index (χ0n) is 18.7. The molecule has 9 nitrogen and oxygen atoms in total. The van der Waals surface area contributed by atoms with E-state index in [1.165, 1.54) is 18.7 Å². The first kappa shape index (κ1) is 19.5. The fourth-order valence-corrected chi connectivity index (χ4v) is 7.14. The van der Waals surface area contributed by atoms with Gasteiger partial charge in [0.25, 0.3) is 0 Å². The fraction of sp³-hybridized carbons (Fsp3) is 0.478. The molecule has 0 radical (unpaired) electrons. The van der Waals surface area contributed by atoms with E-state index >= 15 is 0 Å². The molecular formula is C23H27N9S. The molecule has 4 aromatic rings. The number of thiophene rings is 1. The van der Waals surface area contributed by atoms with Crippen molar-refractivity contribution in [3.63, 3.8) is 0 Å². The van der Waals surface area contributed by atoms with Crippen molar-refractivity contribution in [1.29, 1.82) is 0 Å². The zero-order valence-corrected chi connectivity index (χ0v) is 19.6. The summed E-state index contributed by atoms with van der Waals surface area (Å²) in [5.74, 6) is 3.48. The minimum atomic E-state index is 0.352. The maximum atomic E-state index is 4.84. The van der Waals surface area contributed by atoms with Gasteiger partial charge in [-0.2, -0.15) is 10.1 Å². The van der Waals surface area contributed by atoms with Crippen molar-refractivity contribution in [2.75, 3.05) is 10.6 Å². The second kappa shape index (κ2) is 7.01. The molecule has 33 heavy (non-hydrogen) atoms. The molecule has 0 amide bonds. The van der Waals surface area contributed by atoms with Crippen molar-refractivity contribution in [3.05, 3.63) is 41.4 Å². The second-order valence-electron chi connectivity index (χ2n) is 9.89. The Balaban J connectivity index is 1.07. The van der Waals surface area contributed by atoms with E-state index in [4.69, 9.17) is 9.97 Å². The van der Waals surface area contributed by atoms with E-state index in [1.807, 2.05) is 19.2 Å². The molecule has 3 aliphatic rings. The Morgan fingerprint density at radius 2 is 2.09 bits per heavy atom. The van der Waals surface area contributed by atoms with Gasteiger partial charge in [0, 0.05) is 61.3 Å². The predicted molar refractivity (Wildman–Crippen MR) is 129 cm³/mol. The molecule has 3 saturated heterocycles. The number of imidazole rings is 1. The first-order valence-electron chi connectivity index (χ1n) is 11.6. The van der Waals surface area contributed by atoms with E-state index in [2.05, 4.69) is 60.0 Å². The van der Waals surface area contributed by atoms with Gasteiger partial charge in [-0.25, -0.2) is 9.97 Å². The highest BCUT2D eigenvalue weighted by atomic mass is 32.1. The van der Waals surface area contributed by atoms with E-state index in [0.29, 0.717) is 29.6 Å². The SMILES string of the molecule is Cc1cc(Nc2nc(NC3CC4CC5(Cc6nccn6C)CC(C3)N45)nc3sccc23)n[nH]1. The van der Waals surface area contributed by atoms with Crippen LogP contribution < -0.4 is 10.6 Å². The Labute approximate surface area is 195 Å². The normalized spacial score (nSPS) is 28.2. The van der Waals surface area contributed by atoms with Gasteiger partial charge < -0.3 is 15.2 Å². The highest BCUT2D eigenvalue weighted by Gasteiger charge is 2.65. The Hall–Kier alpha value is -2.98. The molecule has 3 aliphatic heterocycles. The molecule has 0 saturated carbocycles. The number of H-pyrrole nitrogens is 1. The van der Waals surface area contributed by atoms with E-state index in [9.17, 15) is 0 Å². The summed E-state index contributed by atoms with van der Waals surface area (Å²) in [6.07, 6.45) is 9.86. The number of piperidine rings is 2. The van der Waals surface area contributed by atoms with Crippen LogP contribution in [0.2, 0.25) is 0 Å². The van der Waals surface area contributed by atoms with Crippen LogP contribution >= 0.6 is 11.3 Å². The van der Waals surface area contributed by atoms with Crippen LogP contribution in [-0.4, -0.2) is 58.3 Å². The van der Waals surface area contributed by atoms with Crippen LogP contribution in [-0.2, 0) is 13.5 Å². The minimum absolute atomic E-state index is 0.352. The minimum Gasteiger partial charge on any atom is -0.351 e. The van der Waals surface area contributed by atoms with E-state index in [-0.39, 0.29) is 0 Å². The summed E-state index contributed by atoms with van der Waals surface area (Å²) >= 11 is 1.64. The van der Waals surface area contributed by atoms with Crippen LogP contribution in [0, 0.1) is 6.92 Å². The number of anilines is 3. The molecule has 3 N–H and O–H groups in total. The van der Waals surface area contributed by atoms with E-state index < -0.39 is 0 Å². The molecule has 3 fully saturated rings. The molecule has 2 atom stereocenters. The van der Waals surface area contributed by atoms with E-state index in [0.717, 1.165) is 46.8 Å². The second-order valence-corrected chi connectivity index (χ2v) is 10.8. The summed E-state index contributed by atoms with van der Waals surface area (Å²) in [7, 11) is 2.10. The standard InChI is InChI=1S/C23H27N9S/c1-13-7-18(30-29-13)26-20-17-3-6-33-21(17)28-22(27-20)25-14-8-15-10-23(11-16(9-14)32(15)23)12-19-24-4-5-31(19)2/h3-7,14-16H,8-12H2,1-2H3,(H3,25,26,27,28,29,30). The quantitative estimate of drug-likeness (QED) is 0.403. The van der Waals surface area contributed by atoms with Gasteiger partial charge in [-0.05, 0) is 44.1 Å². The van der Waals surface area contributed by atoms with Gasteiger partial charge in [-0.1, -0.05) is 0 Å². The highest BCUT2D eigenvalue weighted by Crippen LogP contribution is 2.58. The molecule has 4 aromatic heterocycles. The van der Waals surface area contributed by atoms with Gasteiger partial charge in [0.15, 0.2) is 5.82 Å². The Morgan fingerprint density at radius 3 is 2.82 bits per heavy atom. The van der Waals surface area contributed by atoms with Gasteiger partial charge in [-0.3, -0.25) is 10.00 Å². The number of hydrogen-bond acceptors (Lipinski definition) is 8. The maximum Gasteiger partial charge on any atom is 0.226 e. The third-order valence-electron chi connectivity index (χ3n) is 7.70. The summed E-state index contributed by atoms with van der Waals surface area (Å²) in [4.78, 5) is 18.0. The molecule has 7 rings (SSSR count). The average molecular weight is 462 g/mol. The number of fused-ring (bicyclic) bond motifs is 1. The lowest BCUT2D eigenvalue weighted by Gasteiger charge is -2.73. The molecule has 7 heterocycles. The third kappa shape index (κ3) is 3.07. The van der Waals surface area contributed by atoms with Crippen molar-refractivity contribution >= 4 is 39.1 Å². The fourth-order valence-electron chi connectivity index (χ4n) is 6.38. The van der Waals surface area contributed by atoms with Crippen LogP contribution in [0.3, 0.4) is 0 Å². The number of nitrogens with zero attached hydrogens (tertiary/aromatic N) is 6. The lowest BCUT2D eigenvalue weighted by Crippen LogP contribution is -2.82. The summed E-state index contributed by atoms with van der Waals surface area (Å²) in [6.45, 7) is 1.99. The predicted octanol–water partition coefficient (Wildman–Crippen LogP) is 3.60. The number of hydrogen-bond donors (Lipinski definition) is 3. The third-order valence-corrected chi connectivity index (χ3v) is 8.50. The average Bonchev–Trinajstić information content (AvgIpc) is 3.48. The monoisotopic (exact) mass is 461 g/mol. The first-order chi connectivity index (χ1) is 16.1. The molecule has 2 unspecified atom stereocenters. The molecule has 170 valence electrons. The Kier molecular flexibility index (Phi) is 4.14. The van der Waals surface area contributed by atoms with E-state index in [1.54, 1.807) is 11.3 Å². The van der Waals surface area contributed by atoms with Crippen LogP contribution in [0.1, 0.15) is 37.2 Å². The largest absolute Gasteiger partial charge is 0.351 e. The first-order valence-corrected chi connectivity index (χ1v) is 12.5. The van der Waals surface area contributed by atoms with Crippen LogP contribution in [0.25, 0.3) is 10.2 Å². The molecule has 0 bridgehead atoms. The van der Waals surface area contributed by atoms with Gasteiger partial charge in [0.05, 0.1) is 5.39 Å². The van der Waals surface area contributed by atoms with Gasteiger partial charge in [-0.15, -0.1) is 11.3 Å². The summed E-state index contributed by atoms with van der Waals surface area (Å²) in [5.41, 5.74) is 1.36. The highest BCUT2D eigenvalue weighted by molar-refractivity contribution is 7.16. The van der Waals surface area contributed by atoms with Crippen LogP contribution in [0.15, 0.2) is 29.9 Å². The summed E-state index contributed by atoms with van der Waals surface area (Å²) in [5, 5.41) is 17.4. The number of aromatic nitrogens is 6. The number of rotatable bonds is 6. The van der Waals surface area contributed by atoms with Crippen molar-refractivity contribution in [3.8, 4) is 0 Å². The van der Waals surface area contributed by atoms with Gasteiger partial charge in [0.1, 0.15) is 16.5 Å². The topological polar surface area (TPSA) is 99.6 Å². The van der Waals surface area contributed by atoms with Crippen molar-refractivity contribution in [1.82, 2.24) is 34.6 Å². The van der Waals surface area contributed by atoms with Crippen LogP contribution in [0.5, 0.6) is 0 Å². The van der Waals surface area contributed by atoms with Gasteiger partial charge >= 0.3 is 0 Å². The zero-order chi connectivity index (χ0) is 22.2. The van der Waals surface area contributed by atoms with Crippen LogP contribution in [0.4, 0.5) is 17.6 Å². The van der Waals surface area contributed by atoms with Crippen molar-refractivity contribution in [2.24, 2.45) is 7.05 Å². The molecule has 10 heteroatoms. The Morgan fingerprint density at radius 1 is 1.24 bits per heavy atom. The van der Waals surface area contributed by atoms with Crippen molar-refractivity contribution in [2.45, 2.75) is 62.7 Å². The van der Waals surface area contributed by atoms with Crippen molar-refractivity contribution < 1.29 is 0 Å². The number of nitrogens with one attached hydrogen (secondary N) is 3. The summed E-state index contributed by atoms with van der Waals surface area (Å²) in [6, 6.07) is 5.76. The molecule has 0 aliphatic carbocycles. The molecule has 0 aromatic carbocycles. The lowest BCUT2D eigenvalue weighted by atomic mass is 9.58. The smallest absolute Gasteiger partial charge is 0.226 e.